The molecule has 1 atom stereocenters. The van der Waals surface area contributed by atoms with Crippen LogP contribution in [0.15, 0.2) is 0 Å². The fraction of sp³-hybridized carbons (Fsp3) is 1.00. The zero-order valence-corrected chi connectivity index (χ0v) is 11.6. The molecule has 2 rings (SSSR count). The number of nitrogens with one attached hydrogen (secondary N) is 1. The van der Waals surface area contributed by atoms with E-state index in [4.69, 9.17) is 0 Å². The zero-order chi connectivity index (χ0) is 12.6. The van der Waals surface area contributed by atoms with Crippen LogP contribution in [0, 0.1) is 0 Å². The second-order valence-corrected chi connectivity index (χ2v) is 5.77. The third-order valence-electron chi connectivity index (χ3n) is 4.10. The molecule has 4 nitrogen and oxygen atoms in total. The molecule has 0 aromatic heterocycles. The van der Waals surface area contributed by atoms with Gasteiger partial charge < -0.3 is 20.2 Å². The van der Waals surface area contributed by atoms with Gasteiger partial charge in [0.05, 0.1) is 6.10 Å². The summed E-state index contributed by atoms with van der Waals surface area (Å²) in [5.41, 5.74) is 0. The van der Waals surface area contributed by atoms with Crippen molar-refractivity contribution in [1.29, 1.82) is 0 Å². The normalized spacial score (nSPS) is 24.5. The Hall–Kier alpha value is -0.160. The highest BCUT2D eigenvalue weighted by Crippen LogP contribution is 2.08. The molecule has 0 saturated carbocycles. The Morgan fingerprint density at radius 1 is 0.889 bits per heavy atom. The molecule has 2 fully saturated rings. The Labute approximate surface area is 111 Å². The van der Waals surface area contributed by atoms with Gasteiger partial charge in [0.15, 0.2) is 0 Å². The molecule has 0 spiro atoms. The summed E-state index contributed by atoms with van der Waals surface area (Å²) in [5.74, 6) is 0. The summed E-state index contributed by atoms with van der Waals surface area (Å²) >= 11 is 0. The van der Waals surface area contributed by atoms with Crippen LogP contribution in [0.4, 0.5) is 0 Å². The summed E-state index contributed by atoms with van der Waals surface area (Å²) in [7, 11) is 0. The Morgan fingerprint density at radius 3 is 2.22 bits per heavy atom. The highest BCUT2D eigenvalue weighted by molar-refractivity contribution is 4.72. The molecule has 0 aliphatic carbocycles. The third kappa shape index (κ3) is 5.22. The van der Waals surface area contributed by atoms with Crippen molar-refractivity contribution < 1.29 is 5.11 Å². The van der Waals surface area contributed by atoms with Crippen molar-refractivity contribution in [3.8, 4) is 0 Å². The standard InChI is InChI=1S/C14H29N3O/c18-14(13-17-9-4-5-10-17)12-15-6-11-16-7-2-1-3-8-16/h14-15,18H,1-13H2. The molecule has 2 heterocycles. The summed E-state index contributed by atoms with van der Waals surface area (Å²) in [6.07, 6.45) is 6.52. The number of piperidine rings is 1. The number of likely N-dealkylation sites (tertiary alicyclic amines) is 2. The van der Waals surface area contributed by atoms with Crippen molar-refractivity contribution in [1.82, 2.24) is 15.1 Å². The quantitative estimate of drug-likeness (QED) is 0.651. The molecule has 0 amide bonds. The summed E-state index contributed by atoms with van der Waals surface area (Å²) in [6.45, 7) is 8.60. The van der Waals surface area contributed by atoms with Gasteiger partial charge in [0.2, 0.25) is 0 Å². The third-order valence-corrected chi connectivity index (χ3v) is 4.10. The highest BCUT2D eigenvalue weighted by Gasteiger charge is 2.15. The number of β-amino-alcohol motifs (C(OH)–C–C–N with tert-alkyl or cyclic N) is 1. The van der Waals surface area contributed by atoms with Gasteiger partial charge in [0.1, 0.15) is 0 Å². The number of aliphatic hydroxyl groups excluding tert-OH is 1. The first-order valence-corrected chi connectivity index (χ1v) is 7.68. The predicted octanol–water partition coefficient (Wildman–Crippen LogP) is 0.519. The molecule has 0 radical (unpaired) electrons. The van der Waals surface area contributed by atoms with E-state index in [-0.39, 0.29) is 6.10 Å². The van der Waals surface area contributed by atoms with E-state index in [0.29, 0.717) is 0 Å². The molecule has 0 bridgehead atoms. The van der Waals surface area contributed by atoms with Crippen LogP contribution in [0.1, 0.15) is 32.1 Å². The zero-order valence-electron chi connectivity index (χ0n) is 11.6. The fourth-order valence-electron chi connectivity index (χ4n) is 3.02. The Bertz CT molecular complexity index is 213. The molecule has 18 heavy (non-hydrogen) atoms. The van der Waals surface area contributed by atoms with Crippen LogP contribution in [0.25, 0.3) is 0 Å². The molecule has 2 aliphatic heterocycles. The van der Waals surface area contributed by atoms with E-state index in [1.165, 1.54) is 58.3 Å². The average molecular weight is 255 g/mol. The maximum atomic E-state index is 9.93. The van der Waals surface area contributed by atoms with Crippen LogP contribution in [0.3, 0.4) is 0 Å². The maximum Gasteiger partial charge on any atom is 0.0791 e. The largest absolute Gasteiger partial charge is 0.390 e. The van der Waals surface area contributed by atoms with E-state index in [0.717, 1.165) is 26.2 Å². The minimum absolute atomic E-state index is 0.204. The first-order valence-electron chi connectivity index (χ1n) is 7.68. The van der Waals surface area contributed by atoms with Gasteiger partial charge >= 0.3 is 0 Å². The first-order chi connectivity index (χ1) is 8.84. The summed E-state index contributed by atoms with van der Waals surface area (Å²) in [4.78, 5) is 4.90. The van der Waals surface area contributed by atoms with Crippen LogP contribution in [-0.2, 0) is 0 Å². The molecular weight excluding hydrogens is 226 g/mol. The van der Waals surface area contributed by atoms with Gasteiger partial charge in [-0.25, -0.2) is 0 Å². The minimum Gasteiger partial charge on any atom is -0.390 e. The minimum atomic E-state index is -0.204. The molecule has 0 aromatic rings. The van der Waals surface area contributed by atoms with Crippen molar-refractivity contribution in [2.24, 2.45) is 0 Å². The van der Waals surface area contributed by atoms with Crippen LogP contribution in [0.5, 0.6) is 0 Å². The van der Waals surface area contributed by atoms with Crippen molar-refractivity contribution in [2.45, 2.75) is 38.2 Å². The lowest BCUT2D eigenvalue weighted by Gasteiger charge is -2.26. The van der Waals surface area contributed by atoms with Gasteiger partial charge in [-0.05, 0) is 51.9 Å². The van der Waals surface area contributed by atoms with Gasteiger partial charge in [-0.15, -0.1) is 0 Å². The summed E-state index contributed by atoms with van der Waals surface area (Å²) in [5, 5.41) is 13.3. The lowest BCUT2D eigenvalue weighted by atomic mass is 10.1. The number of aliphatic hydroxyl groups is 1. The van der Waals surface area contributed by atoms with E-state index in [9.17, 15) is 5.11 Å². The molecule has 4 heteroatoms. The van der Waals surface area contributed by atoms with Gasteiger partial charge in [-0.1, -0.05) is 6.42 Å². The van der Waals surface area contributed by atoms with Gasteiger partial charge in [0, 0.05) is 26.2 Å². The van der Waals surface area contributed by atoms with E-state index in [1.54, 1.807) is 0 Å². The van der Waals surface area contributed by atoms with Crippen molar-refractivity contribution in [3.05, 3.63) is 0 Å². The van der Waals surface area contributed by atoms with E-state index in [1.807, 2.05) is 0 Å². The number of rotatable bonds is 7. The molecule has 2 aliphatic rings. The lowest BCUT2D eigenvalue weighted by Crippen LogP contribution is -2.40. The Kier molecular flexibility index (Phi) is 6.41. The Balaban J connectivity index is 1.46. The van der Waals surface area contributed by atoms with Crippen molar-refractivity contribution in [2.75, 3.05) is 52.4 Å². The maximum absolute atomic E-state index is 9.93. The smallest absolute Gasteiger partial charge is 0.0791 e. The van der Waals surface area contributed by atoms with Crippen LogP contribution < -0.4 is 5.32 Å². The summed E-state index contributed by atoms with van der Waals surface area (Å²) < 4.78 is 0. The second-order valence-electron chi connectivity index (χ2n) is 5.77. The SMILES string of the molecule is OC(CNCCN1CCCCC1)CN1CCCC1. The van der Waals surface area contributed by atoms with Crippen molar-refractivity contribution in [3.63, 3.8) is 0 Å². The van der Waals surface area contributed by atoms with Crippen molar-refractivity contribution >= 4 is 0 Å². The van der Waals surface area contributed by atoms with Crippen LogP contribution in [0.2, 0.25) is 0 Å². The number of nitrogens with zero attached hydrogens (tertiary/aromatic N) is 2. The molecule has 2 saturated heterocycles. The van der Waals surface area contributed by atoms with E-state index < -0.39 is 0 Å². The van der Waals surface area contributed by atoms with E-state index >= 15 is 0 Å². The molecule has 1 unspecified atom stereocenters. The molecule has 2 N–H and O–H groups in total. The number of hydrogen-bond acceptors (Lipinski definition) is 4. The second kappa shape index (κ2) is 8.10. The van der Waals surface area contributed by atoms with E-state index in [2.05, 4.69) is 15.1 Å². The van der Waals surface area contributed by atoms with Crippen LogP contribution in [-0.4, -0.2) is 73.4 Å². The molecular formula is C14H29N3O. The average Bonchev–Trinajstić information content (AvgIpc) is 2.89. The molecule has 0 aromatic carbocycles. The number of hydrogen-bond donors (Lipinski definition) is 2. The highest BCUT2D eigenvalue weighted by atomic mass is 16.3. The van der Waals surface area contributed by atoms with Gasteiger partial charge in [-0.2, -0.15) is 0 Å². The Morgan fingerprint density at radius 2 is 1.50 bits per heavy atom. The monoisotopic (exact) mass is 255 g/mol. The first kappa shape index (κ1) is 14.3. The van der Waals surface area contributed by atoms with Crippen LogP contribution >= 0.6 is 0 Å². The predicted molar refractivity (Wildman–Crippen MR) is 74.8 cm³/mol. The lowest BCUT2D eigenvalue weighted by molar-refractivity contribution is 0.122. The fourth-order valence-corrected chi connectivity index (χ4v) is 3.02. The summed E-state index contributed by atoms with van der Waals surface area (Å²) in [6, 6.07) is 0. The molecule has 106 valence electrons. The van der Waals surface area contributed by atoms with Gasteiger partial charge in [-0.3, -0.25) is 0 Å². The van der Waals surface area contributed by atoms with Gasteiger partial charge in [0.25, 0.3) is 0 Å². The topological polar surface area (TPSA) is 38.7 Å².